The number of carbonyl (C=O) groups is 5. The van der Waals surface area contributed by atoms with Gasteiger partial charge in [-0.25, -0.2) is 14.4 Å². The minimum absolute atomic E-state index is 0.104. The van der Waals surface area contributed by atoms with E-state index in [-0.39, 0.29) is 41.9 Å². The molecular weight excluding hydrogens is 777 g/mol. The first-order chi connectivity index (χ1) is 28.2. The summed E-state index contributed by atoms with van der Waals surface area (Å²) in [5.41, 5.74) is 1.07. The van der Waals surface area contributed by atoms with Gasteiger partial charge in [0.15, 0.2) is 0 Å². The van der Waals surface area contributed by atoms with Crippen molar-refractivity contribution in [1.82, 2.24) is 20.0 Å². The van der Waals surface area contributed by atoms with Gasteiger partial charge in [-0.2, -0.15) is 0 Å². The minimum atomic E-state index is -0.692. The highest BCUT2D eigenvalue weighted by atomic mass is 16.6. The molecular formula is C48H68N4O9. The Morgan fingerprint density at radius 2 is 1.21 bits per heavy atom. The molecule has 2 aromatic rings. The third-order valence-corrected chi connectivity index (χ3v) is 10.5. The van der Waals surface area contributed by atoms with E-state index < -0.39 is 40.3 Å². The third-order valence-electron chi connectivity index (χ3n) is 10.5. The Hall–Kier alpha value is -5.07. The van der Waals surface area contributed by atoms with Crippen LogP contribution in [-0.4, -0.2) is 93.4 Å². The summed E-state index contributed by atoms with van der Waals surface area (Å²) in [7, 11) is 0. The molecule has 334 valence electrons. The predicted octanol–water partition coefficient (Wildman–Crippen LogP) is 8.59. The number of carbonyl (C=O) groups excluding carboxylic acids is 5. The van der Waals surface area contributed by atoms with Crippen LogP contribution in [0.5, 0.6) is 0 Å². The second-order valence-corrected chi connectivity index (χ2v) is 20.7. The van der Waals surface area contributed by atoms with Crippen LogP contribution in [0, 0.1) is 23.7 Å². The van der Waals surface area contributed by atoms with Crippen molar-refractivity contribution in [2.45, 2.75) is 137 Å². The van der Waals surface area contributed by atoms with Crippen LogP contribution >= 0.6 is 0 Å². The average molecular weight is 845 g/mol. The molecule has 13 heteroatoms. The fourth-order valence-corrected chi connectivity index (χ4v) is 7.93. The van der Waals surface area contributed by atoms with Gasteiger partial charge in [-0.05, 0) is 131 Å². The molecule has 0 aliphatic carbocycles. The van der Waals surface area contributed by atoms with E-state index in [1.165, 1.54) is 4.90 Å². The maximum Gasteiger partial charge on any atom is 0.414 e. The molecule has 2 fully saturated rings. The lowest BCUT2D eigenvalue weighted by Gasteiger charge is -2.28. The highest BCUT2D eigenvalue weighted by Crippen LogP contribution is 2.33. The molecule has 1 unspecified atom stereocenters. The summed E-state index contributed by atoms with van der Waals surface area (Å²) in [6.45, 7) is 24.0. The molecule has 3 aliphatic heterocycles. The van der Waals surface area contributed by atoms with E-state index >= 15 is 0 Å². The van der Waals surface area contributed by atoms with Gasteiger partial charge in [0.1, 0.15) is 22.4 Å². The van der Waals surface area contributed by atoms with Crippen molar-refractivity contribution in [3.63, 3.8) is 0 Å². The van der Waals surface area contributed by atoms with Gasteiger partial charge in [0.2, 0.25) is 0 Å². The lowest BCUT2D eigenvalue weighted by atomic mass is 9.85. The Balaban J connectivity index is 1.26. The zero-order valence-electron chi connectivity index (χ0n) is 38.3. The predicted molar refractivity (Wildman–Crippen MR) is 232 cm³/mol. The molecule has 0 spiro atoms. The number of likely N-dealkylation sites (tertiary alicyclic amines) is 1. The summed E-state index contributed by atoms with van der Waals surface area (Å²) < 4.78 is 23.0. The molecule has 0 aromatic heterocycles. The van der Waals surface area contributed by atoms with Gasteiger partial charge < -0.3 is 34.1 Å². The first kappa shape index (κ1) is 47.0. The lowest BCUT2D eigenvalue weighted by Crippen LogP contribution is -2.38. The highest BCUT2D eigenvalue weighted by Gasteiger charge is 2.40. The van der Waals surface area contributed by atoms with E-state index in [9.17, 15) is 24.0 Å². The summed E-state index contributed by atoms with van der Waals surface area (Å²) >= 11 is 0. The summed E-state index contributed by atoms with van der Waals surface area (Å²) in [4.78, 5) is 71.5. The standard InChI is InChI=1S/C48H68N4O9/c1-45(2,3)58-40(53)37(35-19-21-50(28-35)43(56)60-47(7,8)9)25-31-15-13-17-33(23-31)27-52-30-39(49-42(52)55)34-18-14-16-32(24-34)26-38(41(54)59-46(4,5)6)36-20-22-51(29-36)44(57)61-48(10,11)12/h13-18,20,22-24,35-39H,19,21,25-30H2,1-12H3,(H,49,55)/t35-,36-,37-,38-,39?/m0/s1. The normalized spacial score (nSPS) is 20.6. The van der Waals surface area contributed by atoms with Crippen molar-refractivity contribution >= 4 is 30.2 Å². The summed E-state index contributed by atoms with van der Waals surface area (Å²) in [6, 6.07) is 15.4. The maximum atomic E-state index is 13.7. The molecule has 0 bridgehead atoms. The third kappa shape index (κ3) is 14.0. The molecule has 61 heavy (non-hydrogen) atoms. The minimum Gasteiger partial charge on any atom is -0.460 e. The van der Waals surface area contributed by atoms with Gasteiger partial charge in [0.25, 0.3) is 0 Å². The van der Waals surface area contributed by atoms with Crippen molar-refractivity contribution < 1.29 is 42.9 Å². The van der Waals surface area contributed by atoms with Crippen LogP contribution in [0.15, 0.2) is 60.8 Å². The second kappa shape index (κ2) is 18.5. The number of hydrogen-bond donors (Lipinski definition) is 1. The topological polar surface area (TPSA) is 144 Å². The number of nitrogens with zero attached hydrogens (tertiary/aromatic N) is 3. The molecule has 2 saturated heterocycles. The summed E-state index contributed by atoms with van der Waals surface area (Å²) in [5, 5.41) is 3.14. The fraction of sp³-hybridized carbons (Fsp3) is 0.604. The second-order valence-electron chi connectivity index (χ2n) is 20.7. The van der Waals surface area contributed by atoms with Gasteiger partial charge in [0.05, 0.1) is 17.9 Å². The van der Waals surface area contributed by atoms with E-state index in [1.54, 1.807) is 16.0 Å². The van der Waals surface area contributed by atoms with Gasteiger partial charge in [-0.1, -0.05) is 54.6 Å². The van der Waals surface area contributed by atoms with Gasteiger partial charge in [-0.3, -0.25) is 14.5 Å². The van der Waals surface area contributed by atoms with Crippen LogP contribution in [0.25, 0.3) is 0 Å². The summed E-state index contributed by atoms with van der Waals surface area (Å²) in [6.07, 6.45) is 4.17. The number of benzene rings is 2. The zero-order valence-corrected chi connectivity index (χ0v) is 38.3. The molecule has 0 radical (unpaired) electrons. The molecule has 3 aliphatic rings. The van der Waals surface area contributed by atoms with Crippen molar-refractivity contribution in [3.05, 3.63) is 83.1 Å². The van der Waals surface area contributed by atoms with Crippen molar-refractivity contribution in [2.24, 2.45) is 23.7 Å². The van der Waals surface area contributed by atoms with Crippen molar-refractivity contribution in [1.29, 1.82) is 0 Å². The highest BCUT2D eigenvalue weighted by molar-refractivity contribution is 5.78. The lowest BCUT2D eigenvalue weighted by molar-refractivity contribution is -0.162. The maximum absolute atomic E-state index is 13.7. The number of rotatable bonds is 11. The van der Waals surface area contributed by atoms with E-state index in [1.807, 2.05) is 138 Å². The van der Waals surface area contributed by atoms with Gasteiger partial charge in [0, 0.05) is 44.8 Å². The molecule has 0 saturated carbocycles. The first-order valence-electron chi connectivity index (χ1n) is 21.6. The Kier molecular flexibility index (Phi) is 14.2. The van der Waals surface area contributed by atoms with Crippen LogP contribution in [0.4, 0.5) is 14.4 Å². The molecule has 2 aromatic carbocycles. The molecule has 3 heterocycles. The quantitative estimate of drug-likeness (QED) is 0.174. The molecule has 4 amide bonds. The van der Waals surface area contributed by atoms with Crippen LogP contribution in [0.1, 0.15) is 118 Å². The van der Waals surface area contributed by atoms with Crippen LogP contribution in [-0.2, 0) is 47.9 Å². The van der Waals surface area contributed by atoms with Gasteiger partial charge in [-0.15, -0.1) is 0 Å². The Morgan fingerprint density at radius 1 is 0.672 bits per heavy atom. The van der Waals surface area contributed by atoms with E-state index in [4.69, 9.17) is 18.9 Å². The van der Waals surface area contributed by atoms with Gasteiger partial charge >= 0.3 is 30.2 Å². The zero-order chi connectivity index (χ0) is 45.1. The number of amides is 4. The molecule has 13 nitrogen and oxygen atoms in total. The SMILES string of the molecule is CC(C)(C)OC(=O)[C@@H](Cc1cccc(CN2CC(c3cccc(C[C@H](C(=O)OC(C)(C)C)[C@H]4C=CN(C(=O)OC(C)(C)C)C4)c3)NC2=O)c1)[C@H]1CCN(C(=O)OC(C)(C)C)C1. The van der Waals surface area contributed by atoms with Crippen molar-refractivity contribution in [2.75, 3.05) is 26.2 Å². The van der Waals surface area contributed by atoms with Crippen LogP contribution in [0.2, 0.25) is 0 Å². The monoisotopic (exact) mass is 844 g/mol. The molecule has 5 atom stereocenters. The largest absolute Gasteiger partial charge is 0.460 e. The average Bonchev–Trinajstić information content (AvgIpc) is 3.88. The fourth-order valence-electron chi connectivity index (χ4n) is 7.93. The Morgan fingerprint density at radius 3 is 1.84 bits per heavy atom. The van der Waals surface area contributed by atoms with E-state index in [2.05, 4.69) is 5.32 Å². The van der Waals surface area contributed by atoms with Crippen LogP contribution in [0.3, 0.4) is 0 Å². The van der Waals surface area contributed by atoms with Crippen LogP contribution < -0.4 is 5.32 Å². The number of nitrogens with one attached hydrogen (secondary N) is 1. The van der Waals surface area contributed by atoms with E-state index in [0.29, 0.717) is 52.0 Å². The number of urea groups is 1. The molecule has 1 N–H and O–H groups in total. The smallest absolute Gasteiger partial charge is 0.414 e. The first-order valence-corrected chi connectivity index (χ1v) is 21.6. The summed E-state index contributed by atoms with van der Waals surface area (Å²) in [5.74, 6) is -2.06. The number of esters is 2. The van der Waals surface area contributed by atoms with E-state index in [0.717, 1.165) is 22.3 Å². The number of ether oxygens (including phenoxy) is 4. The van der Waals surface area contributed by atoms with Crippen molar-refractivity contribution in [3.8, 4) is 0 Å². The Labute approximate surface area is 362 Å². The number of hydrogen-bond acceptors (Lipinski definition) is 9. The Bertz CT molecular complexity index is 1950. The molecule has 5 rings (SSSR count).